The summed E-state index contributed by atoms with van der Waals surface area (Å²) in [6, 6.07) is 3.73. The van der Waals surface area contributed by atoms with Crippen molar-refractivity contribution >= 4 is 11.6 Å². The van der Waals surface area contributed by atoms with E-state index in [1.165, 1.54) is 0 Å². The fourth-order valence-corrected chi connectivity index (χ4v) is 2.44. The summed E-state index contributed by atoms with van der Waals surface area (Å²) in [7, 11) is 3.62. The molecule has 0 radical (unpaired) electrons. The molecule has 6 heteroatoms. The van der Waals surface area contributed by atoms with Gasteiger partial charge in [0.25, 0.3) is 0 Å². The van der Waals surface area contributed by atoms with Gasteiger partial charge in [-0.3, -0.25) is 4.79 Å². The summed E-state index contributed by atoms with van der Waals surface area (Å²) in [5, 5.41) is 2.66. The number of carbonyl (C=O) groups excluding carboxylic acids is 1. The summed E-state index contributed by atoms with van der Waals surface area (Å²) in [4.78, 5) is 13.6. The van der Waals surface area contributed by atoms with E-state index in [2.05, 4.69) is 10.2 Å². The summed E-state index contributed by atoms with van der Waals surface area (Å²) in [6.45, 7) is 4.33. The van der Waals surface area contributed by atoms with Crippen LogP contribution in [-0.2, 0) is 11.3 Å². The minimum Gasteiger partial charge on any atom is -0.486 e. The highest BCUT2D eigenvalue weighted by atomic mass is 16.6. The number of benzene rings is 1. The highest BCUT2D eigenvalue weighted by Crippen LogP contribution is 2.34. The molecule has 1 aliphatic heterocycles. The van der Waals surface area contributed by atoms with E-state index in [1.807, 2.05) is 20.0 Å². The summed E-state index contributed by atoms with van der Waals surface area (Å²) in [5.74, 6) is 1.40. The second-order valence-electron chi connectivity index (χ2n) is 5.41. The number of hydrogen-bond donors (Lipinski definition) is 2. The third-order valence-corrected chi connectivity index (χ3v) is 3.52. The first-order valence-electron chi connectivity index (χ1n) is 7.09. The van der Waals surface area contributed by atoms with E-state index in [1.54, 1.807) is 13.1 Å². The number of nitrogens with two attached hydrogens (primary N) is 1. The molecule has 1 aromatic rings. The molecule has 0 aromatic heterocycles. The number of hydrogen-bond acceptors (Lipinski definition) is 5. The molecule has 0 bridgehead atoms. The van der Waals surface area contributed by atoms with Gasteiger partial charge in [0.05, 0.1) is 0 Å². The first-order chi connectivity index (χ1) is 10.0. The minimum absolute atomic E-state index is 0.0389. The zero-order chi connectivity index (χ0) is 15.4. The fourth-order valence-electron chi connectivity index (χ4n) is 2.44. The number of ether oxygens (including phenoxy) is 2. The van der Waals surface area contributed by atoms with Crippen molar-refractivity contribution in [2.45, 2.75) is 13.5 Å². The SMILES string of the molecule is CNC(=O)C(C)CN(C)Cc1cc2c(cc1N)OCCO2. The van der Waals surface area contributed by atoms with Gasteiger partial charge < -0.3 is 25.4 Å². The fraction of sp³-hybridized carbons (Fsp3) is 0.533. The topological polar surface area (TPSA) is 76.8 Å². The van der Waals surface area contributed by atoms with Crippen molar-refractivity contribution < 1.29 is 14.3 Å². The Hall–Kier alpha value is -1.95. The van der Waals surface area contributed by atoms with E-state index in [-0.39, 0.29) is 11.8 Å². The van der Waals surface area contributed by atoms with Gasteiger partial charge in [0.1, 0.15) is 13.2 Å². The second-order valence-corrected chi connectivity index (χ2v) is 5.41. The van der Waals surface area contributed by atoms with E-state index in [0.29, 0.717) is 37.7 Å². The Morgan fingerprint density at radius 3 is 2.62 bits per heavy atom. The molecule has 3 N–H and O–H groups in total. The maximum absolute atomic E-state index is 11.6. The molecule has 0 spiro atoms. The number of amides is 1. The Morgan fingerprint density at radius 1 is 1.38 bits per heavy atom. The molecule has 2 rings (SSSR count). The van der Waals surface area contributed by atoms with E-state index >= 15 is 0 Å². The van der Waals surface area contributed by atoms with Crippen molar-refractivity contribution in [3.05, 3.63) is 17.7 Å². The minimum atomic E-state index is -0.0709. The van der Waals surface area contributed by atoms with Crippen LogP contribution in [0.2, 0.25) is 0 Å². The van der Waals surface area contributed by atoms with Crippen molar-refractivity contribution in [2.75, 3.05) is 39.6 Å². The molecule has 1 aliphatic rings. The zero-order valence-electron chi connectivity index (χ0n) is 12.8. The third-order valence-electron chi connectivity index (χ3n) is 3.52. The lowest BCUT2D eigenvalue weighted by Gasteiger charge is -2.23. The van der Waals surface area contributed by atoms with Gasteiger partial charge in [-0.25, -0.2) is 0 Å². The van der Waals surface area contributed by atoms with Crippen molar-refractivity contribution in [3.63, 3.8) is 0 Å². The summed E-state index contributed by atoms with van der Waals surface area (Å²) >= 11 is 0. The average molecular weight is 293 g/mol. The normalized spacial score (nSPS) is 14.9. The summed E-state index contributed by atoms with van der Waals surface area (Å²) < 4.78 is 11.1. The van der Waals surface area contributed by atoms with Crippen LogP contribution in [0.15, 0.2) is 12.1 Å². The quantitative estimate of drug-likeness (QED) is 0.787. The van der Waals surface area contributed by atoms with E-state index in [0.717, 1.165) is 11.3 Å². The molecule has 1 atom stereocenters. The van der Waals surface area contributed by atoms with Crippen LogP contribution >= 0.6 is 0 Å². The maximum Gasteiger partial charge on any atom is 0.223 e. The molecule has 1 amide bonds. The molecule has 0 saturated carbocycles. The van der Waals surface area contributed by atoms with Crippen LogP contribution in [0, 0.1) is 5.92 Å². The van der Waals surface area contributed by atoms with Gasteiger partial charge in [0, 0.05) is 37.8 Å². The second kappa shape index (κ2) is 6.67. The number of anilines is 1. The smallest absolute Gasteiger partial charge is 0.223 e. The van der Waals surface area contributed by atoms with Crippen LogP contribution in [-0.4, -0.2) is 44.7 Å². The van der Waals surface area contributed by atoms with Crippen molar-refractivity contribution in [1.29, 1.82) is 0 Å². The van der Waals surface area contributed by atoms with Crippen LogP contribution < -0.4 is 20.5 Å². The average Bonchev–Trinajstić information content (AvgIpc) is 2.47. The van der Waals surface area contributed by atoms with Gasteiger partial charge in [-0.15, -0.1) is 0 Å². The van der Waals surface area contributed by atoms with Crippen LogP contribution in [0.3, 0.4) is 0 Å². The van der Waals surface area contributed by atoms with Crippen molar-refractivity contribution in [3.8, 4) is 11.5 Å². The predicted octanol–water partition coefficient (Wildman–Crippen LogP) is 0.854. The molecule has 6 nitrogen and oxygen atoms in total. The highest BCUT2D eigenvalue weighted by molar-refractivity contribution is 5.78. The number of rotatable bonds is 5. The Kier molecular flexibility index (Phi) is 4.90. The highest BCUT2D eigenvalue weighted by Gasteiger charge is 2.17. The van der Waals surface area contributed by atoms with Crippen LogP contribution in [0.5, 0.6) is 11.5 Å². The van der Waals surface area contributed by atoms with Crippen molar-refractivity contribution in [2.24, 2.45) is 5.92 Å². The molecule has 1 aromatic carbocycles. The van der Waals surface area contributed by atoms with E-state index in [4.69, 9.17) is 15.2 Å². The van der Waals surface area contributed by atoms with Gasteiger partial charge in [0.15, 0.2) is 11.5 Å². The van der Waals surface area contributed by atoms with Gasteiger partial charge in [-0.05, 0) is 18.7 Å². The largest absolute Gasteiger partial charge is 0.486 e. The number of nitrogens with zero attached hydrogens (tertiary/aromatic N) is 1. The monoisotopic (exact) mass is 293 g/mol. The Bertz CT molecular complexity index is 519. The number of carbonyl (C=O) groups is 1. The van der Waals surface area contributed by atoms with Crippen LogP contribution in [0.1, 0.15) is 12.5 Å². The summed E-state index contributed by atoms with van der Waals surface area (Å²) in [6.07, 6.45) is 0. The van der Waals surface area contributed by atoms with Crippen LogP contribution in [0.25, 0.3) is 0 Å². The molecule has 1 heterocycles. The Balaban J connectivity index is 2.03. The standard InChI is InChI=1S/C15H23N3O3/c1-10(15(19)17-2)8-18(3)9-11-6-13-14(7-12(11)16)21-5-4-20-13/h6-7,10H,4-5,8-9,16H2,1-3H3,(H,17,19). The summed E-state index contributed by atoms with van der Waals surface area (Å²) in [5.41, 5.74) is 7.73. The lowest BCUT2D eigenvalue weighted by Crippen LogP contribution is -2.34. The lowest BCUT2D eigenvalue weighted by molar-refractivity contribution is -0.124. The predicted molar refractivity (Wildman–Crippen MR) is 81.4 cm³/mol. The number of fused-ring (bicyclic) bond motifs is 1. The molecule has 0 aliphatic carbocycles. The van der Waals surface area contributed by atoms with Gasteiger partial charge >= 0.3 is 0 Å². The zero-order valence-corrected chi connectivity index (χ0v) is 12.8. The molecule has 0 fully saturated rings. The Morgan fingerprint density at radius 2 is 2.00 bits per heavy atom. The Labute approximate surface area is 125 Å². The third kappa shape index (κ3) is 3.78. The maximum atomic E-state index is 11.6. The molecular weight excluding hydrogens is 270 g/mol. The van der Waals surface area contributed by atoms with E-state index < -0.39 is 0 Å². The first kappa shape index (κ1) is 15.4. The molecule has 21 heavy (non-hydrogen) atoms. The molecule has 1 unspecified atom stereocenters. The lowest BCUT2D eigenvalue weighted by atomic mass is 10.1. The first-order valence-corrected chi connectivity index (χ1v) is 7.09. The van der Waals surface area contributed by atoms with Crippen molar-refractivity contribution in [1.82, 2.24) is 10.2 Å². The molecular formula is C15H23N3O3. The molecule has 0 saturated heterocycles. The van der Waals surface area contributed by atoms with E-state index in [9.17, 15) is 4.79 Å². The molecule has 116 valence electrons. The number of nitrogens with one attached hydrogen (secondary N) is 1. The van der Waals surface area contributed by atoms with Gasteiger partial charge in [0.2, 0.25) is 5.91 Å². The number of nitrogen functional groups attached to an aromatic ring is 1. The van der Waals surface area contributed by atoms with Crippen LogP contribution in [0.4, 0.5) is 5.69 Å². The van der Waals surface area contributed by atoms with Gasteiger partial charge in [-0.1, -0.05) is 6.92 Å². The van der Waals surface area contributed by atoms with Gasteiger partial charge in [-0.2, -0.15) is 0 Å².